The summed E-state index contributed by atoms with van der Waals surface area (Å²) in [6.45, 7) is 3.54. The number of hydrogen-bond donors (Lipinski definition) is 3. The molecule has 1 aromatic heterocycles. The maximum atomic E-state index is 13.4. The Morgan fingerprint density at radius 1 is 0.972 bits per heavy atom. The van der Waals surface area contributed by atoms with Gasteiger partial charge in [-0.2, -0.15) is 20.1 Å². The predicted molar refractivity (Wildman–Crippen MR) is 129 cm³/mol. The standard InChI is InChI=1S/C25H23F2N5O3S/c1-25(2,23-15-29-32-30-23)31-36(34,35)20-9-6-17(7-10-20)18-5-3-4-16(12-18)14-28-24(33)19-8-11-21(26)22(27)13-19/h3-13,15,31H,14H2,1-2H3,(H,28,33)(H,29,30,32). The number of rotatable bonds is 8. The molecule has 36 heavy (non-hydrogen) atoms. The van der Waals surface area contributed by atoms with Crippen LogP contribution in [0.3, 0.4) is 0 Å². The molecule has 0 fully saturated rings. The van der Waals surface area contributed by atoms with Gasteiger partial charge in [-0.25, -0.2) is 17.2 Å². The fourth-order valence-electron chi connectivity index (χ4n) is 3.56. The first-order valence-electron chi connectivity index (χ1n) is 10.9. The summed E-state index contributed by atoms with van der Waals surface area (Å²) in [4.78, 5) is 12.4. The molecule has 3 aromatic carbocycles. The van der Waals surface area contributed by atoms with Crippen molar-refractivity contribution < 1.29 is 22.0 Å². The zero-order chi connectivity index (χ0) is 25.9. The second-order valence-corrected chi connectivity index (χ2v) is 10.3. The van der Waals surface area contributed by atoms with Crippen LogP contribution in [0.4, 0.5) is 8.78 Å². The normalized spacial score (nSPS) is 11.9. The molecule has 0 saturated carbocycles. The quantitative estimate of drug-likeness (QED) is 0.332. The number of aromatic amines is 1. The lowest BCUT2D eigenvalue weighted by Gasteiger charge is -2.23. The van der Waals surface area contributed by atoms with E-state index in [1.165, 1.54) is 24.4 Å². The van der Waals surface area contributed by atoms with Crippen molar-refractivity contribution in [1.82, 2.24) is 25.4 Å². The molecule has 0 radical (unpaired) electrons. The first-order chi connectivity index (χ1) is 17.0. The van der Waals surface area contributed by atoms with Crippen LogP contribution in [0.2, 0.25) is 0 Å². The molecule has 1 amide bonds. The molecule has 0 spiro atoms. The van der Waals surface area contributed by atoms with Gasteiger partial charge in [-0.3, -0.25) is 4.79 Å². The summed E-state index contributed by atoms with van der Waals surface area (Å²) in [6.07, 6.45) is 1.46. The maximum absolute atomic E-state index is 13.4. The van der Waals surface area contributed by atoms with E-state index >= 15 is 0 Å². The fraction of sp³-hybridized carbons (Fsp3) is 0.160. The van der Waals surface area contributed by atoms with E-state index in [0.717, 1.165) is 28.8 Å². The van der Waals surface area contributed by atoms with Crippen LogP contribution in [-0.2, 0) is 22.1 Å². The van der Waals surface area contributed by atoms with Gasteiger partial charge in [0.15, 0.2) is 11.6 Å². The van der Waals surface area contributed by atoms with E-state index in [1.807, 2.05) is 18.2 Å². The average molecular weight is 512 g/mol. The van der Waals surface area contributed by atoms with Gasteiger partial charge in [0.1, 0.15) is 5.69 Å². The Bertz CT molecular complexity index is 1490. The topological polar surface area (TPSA) is 117 Å². The van der Waals surface area contributed by atoms with Crippen LogP contribution < -0.4 is 10.0 Å². The van der Waals surface area contributed by atoms with E-state index in [-0.39, 0.29) is 17.0 Å². The van der Waals surface area contributed by atoms with E-state index in [1.54, 1.807) is 32.0 Å². The molecule has 1 heterocycles. The van der Waals surface area contributed by atoms with Gasteiger partial charge in [0.05, 0.1) is 16.6 Å². The van der Waals surface area contributed by atoms with Crippen molar-refractivity contribution in [2.45, 2.75) is 30.8 Å². The van der Waals surface area contributed by atoms with Crippen molar-refractivity contribution in [3.63, 3.8) is 0 Å². The number of hydrogen-bond acceptors (Lipinski definition) is 5. The number of nitrogens with one attached hydrogen (secondary N) is 3. The van der Waals surface area contributed by atoms with Crippen LogP contribution in [0.15, 0.2) is 77.8 Å². The summed E-state index contributed by atoms with van der Waals surface area (Å²) < 4.78 is 54.9. The minimum atomic E-state index is -3.83. The zero-order valence-electron chi connectivity index (χ0n) is 19.4. The molecule has 4 aromatic rings. The van der Waals surface area contributed by atoms with Gasteiger partial charge in [-0.05, 0) is 66.9 Å². The van der Waals surface area contributed by atoms with E-state index in [2.05, 4.69) is 25.4 Å². The molecule has 3 N–H and O–H groups in total. The summed E-state index contributed by atoms with van der Waals surface area (Å²) in [7, 11) is -3.83. The summed E-state index contributed by atoms with van der Waals surface area (Å²) in [5.41, 5.74) is 1.87. The first kappa shape index (κ1) is 25.1. The van der Waals surface area contributed by atoms with Crippen LogP contribution in [0.1, 0.15) is 35.5 Å². The lowest BCUT2D eigenvalue weighted by Crippen LogP contribution is -2.41. The number of sulfonamides is 1. The fourth-order valence-corrected chi connectivity index (χ4v) is 4.95. The Balaban J connectivity index is 1.45. The number of amides is 1. The highest BCUT2D eigenvalue weighted by Crippen LogP contribution is 2.25. The summed E-state index contributed by atoms with van der Waals surface area (Å²) in [6, 6.07) is 16.7. The predicted octanol–water partition coefficient (Wildman–Crippen LogP) is 3.89. The highest BCUT2D eigenvalue weighted by atomic mass is 32.2. The molecule has 8 nitrogen and oxygen atoms in total. The maximum Gasteiger partial charge on any atom is 0.251 e. The largest absolute Gasteiger partial charge is 0.348 e. The van der Waals surface area contributed by atoms with Gasteiger partial charge < -0.3 is 5.32 Å². The van der Waals surface area contributed by atoms with Gasteiger partial charge in [0, 0.05) is 12.1 Å². The van der Waals surface area contributed by atoms with Crippen LogP contribution in [0, 0.1) is 11.6 Å². The van der Waals surface area contributed by atoms with E-state index in [0.29, 0.717) is 5.69 Å². The third-order valence-electron chi connectivity index (χ3n) is 5.50. The molecular weight excluding hydrogens is 488 g/mol. The second kappa shape index (κ2) is 9.96. The molecule has 0 aliphatic heterocycles. The van der Waals surface area contributed by atoms with Crippen LogP contribution in [-0.4, -0.2) is 29.7 Å². The Morgan fingerprint density at radius 3 is 2.39 bits per heavy atom. The highest BCUT2D eigenvalue weighted by Gasteiger charge is 2.30. The minimum Gasteiger partial charge on any atom is -0.348 e. The molecule has 0 atom stereocenters. The van der Waals surface area contributed by atoms with Gasteiger partial charge >= 0.3 is 0 Å². The molecule has 4 rings (SSSR count). The SMILES string of the molecule is CC(C)(NS(=O)(=O)c1ccc(-c2cccc(CNC(=O)c3ccc(F)c(F)c3)c2)cc1)c1cn[nH]n1. The summed E-state index contributed by atoms with van der Waals surface area (Å²) >= 11 is 0. The Kier molecular flexibility index (Phi) is 6.95. The number of H-pyrrole nitrogens is 1. The van der Waals surface area contributed by atoms with Crippen LogP contribution >= 0.6 is 0 Å². The molecule has 11 heteroatoms. The highest BCUT2D eigenvalue weighted by molar-refractivity contribution is 7.89. The molecule has 0 unspecified atom stereocenters. The van der Waals surface area contributed by atoms with Crippen LogP contribution in [0.5, 0.6) is 0 Å². The van der Waals surface area contributed by atoms with Crippen molar-refractivity contribution >= 4 is 15.9 Å². The molecule has 0 aliphatic carbocycles. The van der Waals surface area contributed by atoms with Crippen LogP contribution in [0.25, 0.3) is 11.1 Å². The lowest BCUT2D eigenvalue weighted by atomic mass is 10.0. The molecular formula is C25H23F2N5O3S. The van der Waals surface area contributed by atoms with E-state index in [9.17, 15) is 22.0 Å². The number of carbonyl (C=O) groups is 1. The number of aromatic nitrogens is 3. The summed E-state index contributed by atoms with van der Waals surface area (Å²) in [5, 5.41) is 12.8. The van der Waals surface area contributed by atoms with E-state index in [4.69, 9.17) is 0 Å². The van der Waals surface area contributed by atoms with E-state index < -0.39 is 33.1 Å². The first-order valence-corrected chi connectivity index (χ1v) is 12.4. The molecule has 0 saturated heterocycles. The van der Waals surface area contributed by atoms with Gasteiger partial charge in [0.2, 0.25) is 10.0 Å². The third kappa shape index (κ3) is 5.64. The van der Waals surface area contributed by atoms with Gasteiger partial charge in [-0.1, -0.05) is 30.3 Å². The lowest BCUT2D eigenvalue weighted by molar-refractivity contribution is 0.0950. The zero-order valence-corrected chi connectivity index (χ0v) is 20.2. The third-order valence-corrected chi connectivity index (χ3v) is 7.18. The minimum absolute atomic E-state index is 0.0159. The van der Waals surface area contributed by atoms with Crippen molar-refractivity contribution in [2.75, 3.05) is 0 Å². The Hall–Kier alpha value is -3.96. The van der Waals surface area contributed by atoms with Crippen molar-refractivity contribution in [2.24, 2.45) is 0 Å². The van der Waals surface area contributed by atoms with Crippen molar-refractivity contribution in [1.29, 1.82) is 0 Å². The number of halogens is 2. The number of benzene rings is 3. The molecule has 0 bridgehead atoms. The van der Waals surface area contributed by atoms with Gasteiger partial charge in [-0.15, -0.1) is 0 Å². The second-order valence-electron chi connectivity index (χ2n) is 8.62. The number of nitrogens with zero attached hydrogens (tertiary/aromatic N) is 2. The van der Waals surface area contributed by atoms with Crippen molar-refractivity contribution in [3.8, 4) is 11.1 Å². The Morgan fingerprint density at radius 2 is 1.72 bits per heavy atom. The summed E-state index contributed by atoms with van der Waals surface area (Å²) in [5.74, 6) is -2.64. The monoisotopic (exact) mass is 511 g/mol. The van der Waals surface area contributed by atoms with Crippen molar-refractivity contribution in [3.05, 3.63) is 101 Å². The molecule has 0 aliphatic rings. The number of carbonyl (C=O) groups excluding carboxylic acids is 1. The smallest absolute Gasteiger partial charge is 0.251 e. The van der Waals surface area contributed by atoms with Gasteiger partial charge in [0.25, 0.3) is 5.91 Å². The average Bonchev–Trinajstić information content (AvgIpc) is 3.40. The molecule has 186 valence electrons. The Labute approximate surface area is 206 Å².